The molecule has 1 saturated heterocycles. The molecule has 0 aromatic heterocycles. The predicted octanol–water partition coefficient (Wildman–Crippen LogP) is 5.11. The molecule has 1 N–H and O–H groups in total. The van der Waals surface area contributed by atoms with Crippen LogP contribution in [0.15, 0.2) is 84.4 Å². The summed E-state index contributed by atoms with van der Waals surface area (Å²) in [6.45, 7) is 0. The Hall–Kier alpha value is -3.44. The van der Waals surface area contributed by atoms with Gasteiger partial charge in [-0.05, 0) is 54.1 Å². The van der Waals surface area contributed by atoms with Crippen LogP contribution >= 0.6 is 11.6 Å². The van der Waals surface area contributed by atoms with Crippen LogP contribution in [-0.4, -0.2) is 16.8 Å². The molecule has 0 radical (unpaired) electrons. The quantitative estimate of drug-likeness (QED) is 0.373. The van der Waals surface area contributed by atoms with E-state index in [0.717, 1.165) is 0 Å². The third-order valence-electron chi connectivity index (χ3n) is 4.78. The number of rotatable bonds is 3. The Kier molecular flexibility index (Phi) is 4.91. The number of benzene rings is 3. The van der Waals surface area contributed by atoms with Gasteiger partial charge in [-0.1, -0.05) is 41.9 Å². The number of anilines is 1. The summed E-state index contributed by atoms with van der Waals surface area (Å²) in [6, 6.07) is 19.7. The van der Waals surface area contributed by atoms with Crippen molar-refractivity contribution in [1.29, 1.82) is 0 Å². The minimum absolute atomic E-state index is 0.0344. The first-order chi connectivity index (χ1) is 14.0. The van der Waals surface area contributed by atoms with Crippen LogP contribution in [0.4, 0.5) is 10.1 Å². The molecule has 0 unspecified atom stereocenters. The number of ketones is 1. The molecule has 3 aromatic rings. The highest BCUT2D eigenvalue weighted by atomic mass is 35.5. The zero-order valence-corrected chi connectivity index (χ0v) is 15.8. The normalized spacial score (nSPS) is 18.3. The lowest BCUT2D eigenvalue weighted by atomic mass is 9.95. The molecule has 144 valence electrons. The summed E-state index contributed by atoms with van der Waals surface area (Å²) in [5.74, 6) is -2.35. The average Bonchev–Trinajstić information content (AvgIpc) is 3.00. The molecule has 1 amide bonds. The first-order valence-electron chi connectivity index (χ1n) is 8.85. The topological polar surface area (TPSA) is 57.6 Å². The number of halogens is 2. The summed E-state index contributed by atoms with van der Waals surface area (Å²) in [4.78, 5) is 27.1. The Balaban J connectivity index is 1.93. The number of nitrogens with zero attached hydrogens (tertiary/aromatic N) is 1. The van der Waals surface area contributed by atoms with Crippen LogP contribution < -0.4 is 4.90 Å². The van der Waals surface area contributed by atoms with Crippen molar-refractivity contribution in [3.8, 4) is 0 Å². The van der Waals surface area contributed by atoms with Gasteiger partial charge in [0.25, 0.3) is 11.7 Å². The molecule has 0 saturated carbocycles. The summed E-state index contributed by atoms with van der Waals surface area (Å²) < 4.78 is 13.4. The van der Waals surface area contributed by atoms with Gasteiger partial charge in [-0.3, -0.25) is 14.5 Å². The van der Waals surface area contributed by atoms with Crippen molar-refractivity contribution in [1.82, 2.24) is 0 Å². The van der Waals surface area contributed by atoms with E-state index >= 15 is 0 Å². The minimum Gasteiger partial charge on any atom is -0.507 e. The molecule has 1 aliphatic rings. The van der Waals surface area contributed by atoms with Gasteiger partial charge in [-0.2, -0.15) is 0 Å². The molecule has 4 rings (SSSR count). The maximum atomic E-state index is 13.4. The maximum absolute atomic E-state index is 13.4. The highest BCUT2D eigenvalue weighted by molar-refractivity contribution is 6.51. The number of carbonyl (C=O) groups is 2. The Morgan fingerprint density at radius 3 is 2.14 bits per heavy atom. The van der Waals surface area contributed by atoms with Gasteiger partial charge in [0.05, 0.1) is 11.6 Å². The van der Waals surface area contributed by atoms with Crippen LogP contribution in [-0.2, 0) is 9.59 Å². The average molecular weight is 408 g/mol. The molecule has 1 heterocycles. The van der Waals surface area contributed by atoms with Crippen LogP contribution in [0.2, 0.25) is 5.02 Å². The summed E-state index contributed by atoms with van der Waals surface area (Å²) in [5, 5.41) is 11.4. The molecule has 29 heavy (non-hydrogen) atoms. The van der Waals surface area contributed by atoms with Gasteiger partial charge in [-0.15, -0.1) is 0 Å². The van der Waals surface area contributed by atoms with E-state index in [2.05, 4.69) is 0 Å². The smallest absolute Gasteiger partial charge is 0.300 e. The number of hydrogen-bond acceptors (Lipinski definition) is 3. The van der Waals surface area contributed by atoms with Crippen molar-refractivity contribution in [2.45, 2.75) is 6.04 Å². The van der Waals surface area contributed by atoms with E-state index in [1.807, 2.05) is 6.07 Å². The van der Waals surface area contributed by atoms with E-state index in [0.29, 0.717) is 21.8 Å². The van der Waals surface area contributed by atoms with Crippen molar-refractivity contribution in [3.05, 3.63) is 106 Å². The van der Waals surface area contributed by atoms with Crippen molar-refractivity contribution in [2.24, 2.45) is 0 Å². The number of hydrogen-bond donors (Lipinski definition) is 1. The summed E-state index contributed by atoms with van der Waals surface area (Å²) in [5.41, 5.74) is 1.34. The van der Waals surface area contributed by atoms with Gasteiger partial charge in [0.15, 0.2) is 0 Å². The molecule has 0 spiro atoms. The molecule has 3 aromatic carbocycles. The Labute approximate surface area is 171 Å². The van der Waals surface area contributed by atoms with E-state index in [1.165, 1.54) is 29.2 Å². The molecular weight excluding hydrogens is 393 g/mol. The number of amides is 1. The molecular formula is C23H15ClFNO3. The monoisotopic (exact) mass is 407 g/mol. The van der Waals surface area contributed by atoms with Gasteiger partial charge in [-0.25, -0.2) is 4.39 Å². The second kappa shape index (κ2) is 7.53. The maximum Gasteiger partial charge on any atom is 0.300 e. The predicted molar refractivity (Wildman–Crippen MR) is 109 cm³/mol. The molecule has 4 nitrogen and oxygen atoms in total. The Bertz CT molecular complexity index is 1110. The van der Waals surface area contributed by atoms with Crippen LogP contribution in [0.25, 0.3) is 5.76 Å². The third kappa shape index (κ3) is 3.41. The molecule has 1 fully saturated rings. The Morgan fingerprint density at radius 1 is 0.897 bits per heavy atom. The molecule has 6 heteroatoms. The SMILES string of the molecule is O=C1C(=O)N(c2ccc(F)cc2)[C@H](c2ccccc2)C1=C(O)c1ccc(Cl)cc1. The van der Waals surface area contributed by atoms with Crippen LogP contribution in [0.3, 0.4) is 0 Å². The fourth-order valence-corrected chi connectivity index (χ4v) is 3.54. The second-order valence-electron chi connectivity index (χ2n) is 6.56. The lowest BCUT2D eigenvalue weighted by Crippen LogP contribution is -2.29. The summed E-state index contributed by atoms with van der Waals surface area (Å²) in [7, 11) is 0. The van der Waals surface area contributed by atoms with Crippen molar-refractivity contribution >= 4 is 34.7 Å². The van der Waals surface area contributed by atoms with Crippen LogP contribution in [0.5, 0.6) is 0 Å². The van der Waals surface area contributed by atoms with Crippen molar-refractivity contribution in [2.75, 3.05) is 4.90 Å². The Morgan fingerprint density at radius 2 is 1.52 bits per heavy atom. The van der Waals surface area contributed by atoms with E-state index in [-0.39, 0.29) is 11.3 Å². The fraction of sp³-hybridized carbons (Fsp3) is 0.0435. The second-order valence-corrected chi connectivity index (χ2v) is 7.00. The fourth-order valence-electron chi connectivity index (χ4n) is 3.41. The number of Topliss-reactive ketones (excluding diaryl/α,β-unsaturated/α-hetero) is 1. The van der Waals surface area contributed by atoms with Gasteiger partial charge in [0.1, 0.15) is 11.6 Å². The van der Waals surface area contributed by atoms with Gasteiger partial charge in [0, 0.05) is 16.3 Å². The van der Waals surface area contributed by atoms with E-state index in [9.17, 15) is 19.1 Å². The van der Waals surface area contributed by atoms with Gasteiger partial charge >= 0.3 is 0 Å². The zero-order valence-electron chi connectivity index (χ0n) is 15.0. The number of aliphatic hydroxyl groups is 1. The first kappa shape index (κ1) is 18.9. The van der Waals surface area contributed by atoms with E-state index < -0.39 is 23.5 Å². The van der Waals surface area contributed by atoms with Crippen molar-refractivity contribution in [3.63, 3.8) is 0 Å². The van der Waals surface area contributed by atoms with Gasteiger partial charge in [0.2, 0.25) is 0 Å². The van der Waals surface area contributed by atoms with E-state index in [1.54, 1.807) is 48.5 Å². The van der Waals surface area contributed by atoms with Gasteiger partial charge < -0.3 is 5.11 Å². The molecule has 0 aliphatic carbocycles. The number of aliphatic hydroxyl groups excluding tert-OH is 1. The third-order valence-corrected chi connectivity index (χ3v) is 5.03. The lowest BCUT2D eigenvalue weighted by Gasteiger charge is -2.25. The zero-order chi connectivity index (χ0) is 20.5. The van der Waals surface area contributed by atoms with Crippen LogP contribution in [0.1, 0.15) is 17.2 Å². The van der Waals surface area contributed by atoms with E-state index in [4.69, 9.17) is 11.6 Å². The summed E-state index contributed by atoms with van der Waals surface area (Å²) in [6.07, 6.45) is 0. The van der Waals surface area contributed by atoms with Crippen LogP contribution in [0, 0.1) is 5.82 Å². The minimum atomic E-state index is -0.850. The standard InChI is InChI=1S/C23H15ClFNO3/c24-16-8-6-15(7-9-16)21(27)19-20(14-4-2-1-3-5-14)26(23(29)22(19)28)18-12-10-17(25)11-13-18/h1-13,20,27H/t20-/m1/s1. The highest BCUT2D eigenvalue weighted by Crippen LogP contribution is 2.42. The number of carbonyl (C=O) groups excluding carboxylic acids is 2. The van der Waals surface area contributed by atoms with Crippen molar-refractivity contribution < 1.29 is 19.1 Å². The molecule has 1 aliphatic heterocycles. The molecule has 0 bridgehead atoms. The molecule has 1 atom stereocenters. The first-order valence-corrected chi connectivity index (χ1v) is 9.22. The largest absolute Gasteiger partial charge is 0.507 e. The lowest BCUT2D eigenvalue weighted by molar-refractivity contribution is -0.132. The highest BCUT2D eigenvalue weighted by Gasteiger charge is 2.46. The summed E-state index contributed by atoms with van der Waals surface area (Å²) >= 11 is 5.91.